The number of benzene rings is 2. The van der Waals surface area contributed by atoms with Crippen LogP contribution < -0.4 is 15.1 Å². The smallest absolute Gasteiger partial charge is 0.341 e. The highest BCUT2D eigenvalue weighted by Gasteiger charge is 2.29. The van der Waals surface area contributed by atoms with E-state index in [4.69, 9.17) is 4.74 Å². The number of para-hydroxylation sites is 1. The van der Waals surface area contributed by atoms with E-state index in [2.05, 4.69) is 4.98 Å². The molecule has 2 aromatic carbocycles. The van der Waals surface area contributed by atoms with Gasteiger partial charge in [-0.05, 0) is 50.1 Å². The third-order valence-corrected chi connectivity index (χ3v) is 6.31. The molecular weight excluding hydrogens is 449 g/mol. The number of aromatic nitrogens is 2. The number of ether oxygens (including phenoxy) is 1. The number of aromatic carboxylic acids is 1. The first-order valence-electron chi connectivity index (χ1n) is 11.4. The number of carboxylic acid groups (broad SMARTS) is 1. The molecular formula is C27H24FN3O4. The van der Waals surface area contributed by atoms with Gasteiger partial charge in [-0.1, -0.05) is 24.3 Å². The largest absolute Gasteiger partial charge is 0.477 e. The van der Waals surface area contributed by atoms with E-state index in [1.807, 2.05) is 42.2 Å². The molecule has 0 amide bonds. The van der Waals surface area contributed by atoms with Gasteiger partial charge in [0.1, 0.15) is 18.0 Å². The van der Waals surface area contributed by atoms with Crippen LogP contribution in [0.4, 0.5) is 10.1 Å². The number of hydrogen-bond donors (Lipinski definition) is 1. The van der Waals surface area contributed by atoms with E-state index in [-0.39, 0.29) is 11.4 Å². The summed E-state index contributed by atoms with van der Waals surface area (Å²) in [4.78, 5) is 30.9. The van der Waals surface area contributed by atoms with Crippen molar-refractivity contribution in [1.29, 1.82) is 0 Å². The summed E-state index contributed by atoms with van der Waals surface area (Å²) in [5.74, 6) is -1.40. The topological polar surface area (TPSA) is 84.7 Å². The Labute approximate surface area is 201 Å². The Kier molecular flexibility index (Phi) is 5.94. The zero-order valence-corrected chi connectivity index (χ0v) is 19.1. The molecule has 1 N–H and O–H groups in total. The van der Waals surface area contributed by atoms with Gasteiger partial charge in [0.05, 0.1) is 17.2 Å². The van der Waals surface area contributed by atoms with Crippen molar-refractivity contribution in [3.05, 3.63) is 94.2 Å². The molecule has 35 heavy (non-hydrogen) atoms. The highest BCUT2D eigenvalue weighted by molar-refractivity contribution is 5.94. The Balaban J connectivity index is 1.58. The Hall–Kier alpha value is -4.20. The molecule has 3 heterocycles. The summed E-state index contributed by atoms with van der Waals surface area (Å²) in [6, 6.07) is 17.4. The zero-order valence-electron chi connectivity index (χ0n) is 19.1. The summed E-state index contributed by atoms with van der Waals surface area (Å²) in [6.45, 7) is 2.87. The molecule has 1 atom stereocenters. The lowest BCUT2D eigenvalue weighted by Crippen LogP contribution is -2.35. The molecule has 5 rings (SSSR count). The van der Waals surface area contributed by atoms with Gasteiger partial charge in [0.15, 0.2) is 0 Å². The molecule has 1 fully saturated rings. The van der Waals surface area contributed by atoms with E-state index in [9.17, 15) is 14.7 Å². The van der Waals surface area contributed by atoms with Crippen LogP contribution in [0.15, 0.2) is 71.7 Å². The second kappa shape index (κ2) is 9.21. The summed E-state index contributed by atoms with van der Waals surface area (Å²) in [7, 11) is 0. The van der Waals surface area contributed by atoms with Crippen LogP contribution in [0.1, 0.15) is 28.9 Å². The number of aryl methyl sites for hydroxylation is 1. The third-order valence-electron chi connectivity index (χ3n) is 6.31. The number of carboxylic acids is 1. The van der Waals surface area contributed by atoms with E-state index in [1.165, 1.54) is 6.20 Å². The number of rotatable bonds is 6. The maximum atomic E-state index is 15.4. The van der Waals surface area contributed by atoms with Crippen molar-refractivity contribution in [3.63, 3.8) is 0 Å². The van der Waals surface area contributed by atoms with Crippen LogP contribution in [0.3, 0.4) is 0 Å². The van der Waals surface area contributed by atoms with Gasteiger partial charge < -0.3 is 19.3 Å². The number of nitrogens with zero attached hydrogens (tertiary/aromatic N) is 3. The Bertz CT molecular complexity index is 1470. The van der Waals surface area contributed by atoms with Crippen molar-refractivity contribution in [2.24, 2.45) is 0 Å². The summed E-state index contributed by atoms with van der Waals surface area (Å²) in [6.07, 6.45) is 3.00. The van der Waals surface area contributed by atoms with Crippen molar-refractivity contribution >= 4 is 22.6 Å². The van der Waals surface area contributed by atoms with Gasteiger partial charge >= 0.3 is 5.97 Å². The predicted octanol–water partition coefficient (Wildman–Crippen LogP) is 4.58. The van der Waals surface area contributed by atoms with Gasteiger partial charge in [-0.3, -0.25) is 4.79 Å². The standard InChI is InChI=1S/C27H24FN3O4/c1-17-7-5-11-25(29-17)35-16-19-10-6-12-30(19)24-14-23-20(13-22(24)28)26(32)21(27(33)34)15-31(23)18-8-3-2-4-9-18/h2-5,7-9,11,13-15,19H,6,10,12,16H2,1H3,(H,33,34)/t19-/m1/s1. The zero-order chi connectivity index (χ0) is 24.5. The monoisotopic (exact) mass is 473 g/mol. The summed E-state index contributed by atoms with van der Waals surface area (Å²) in [5, 5.41) is 9.58. The molecule has 1 aliphatic rings. The van der Waals surface area contributed by atoms with Crippen molar-refractivity contribution < 1.29 is 19.0 Å². The quantitative estimate of drug-likeness (QED) is 0.441. The number of anilines is 1. The SMILES string of the molecule is Cc1cccc(OC[C@H]2CCCN2c2cc3c(cc2F)c(=O)c(C(=O)O)cn3-c2ccccc2)n1. The maximum Gasteiger partial charge on any atom is 0.341 e. The van der Waals surface area contributed by atoms with E-state index in [0.29, 0.717) is 35.9 Å². The van der Waals surface area contributed by atoms with E-state index < -0.39 is 22.8 Å². The van der Waals surface area contributed by atoms with Gasteiger partial charge in [-0.15, -0.1) is 0 Å². The minimum atomic E-state index is -1.35. The number of hydrogen-bond acceptors (Lipinski definition) is 5. The fourth-order valence-corrected chi connectivity index (χ4v) is 4.62. The van der Waals surface area contributed by atoms with Gasteiger partial charge in [0.25, 0.3) is 0 Å². The molecule has 178 valence electrons. The van der Waals surface area contributed by atoms with Crippen LogP contribution in [0.25, 0.3) is 16.6 Å². The molecule has 0 saturated carbocycles. The molecule has 1 saturated heterocycles. The highest BCUT2D eigenvalue weighted by atomic mass is 19.1. The minimum Gasteiger partial charge on any atom is -0.477 e. The van der Waals surface area contributed by atoms with Crippen LogP contribution in [-0.2, 0) is 0 Å². The second-order valence-electron chi connectivity index (χ2n) is 8.62. The van der Waals surface area contributed by atoms with Crippen LogP contribution in [0.5, 0.6) is 5.88 Å². The lowest BCUT2D eigenvalue weighted by Gasteiger charge is -2.27. The lowest BCUT2D eigenvalue weighted by molar-refractivity contribution is 0.0695. The Morgan fingerprint density at radius 1 is 1.17 bits per heavy atom. The normalized spacial score (nSPS) is 15.5. The van der Waals surface area contributed by atoms with E-state index >= 15 is 4.39 Å². The van der Waals surface area contributed by atoms with Crippen LogP contribution >= 0.6 is 0 Å². The molecule has 8 heteroatoms. The molecule has 0 radical (unpaired) electrons. The first kappa shape index (κ1) is 22.6. The van der Waals surface area contributed by atoms with Gasteiger partial charge in [0, 0.05) is 35.6 Å². The third kappa shape index (κ3) is 4.35. The first-order valence-corrected chi connectivity index (χ1v) is 11.4. The molecule has 0 bridgehead atoms. The fraction of sp³-hybridized carbons (Fsp3) is 0.222. The fourth-order valence-electron chi connectivity index (χ4n) is 4.62. The number of pyridine rings is 2. The second-order valence-corrected chi connectivity index (χ2v) is 8.62. The summed E-state index contributed by atoms with van der Waals surface area (Å²) in [5.41, 5.74) is 1.20. The molecule has 0 spiro atoms. The Morgan fingerprint density at radius 2 is 1.97 bits per heavy atom. The van der Waals surface area contributed by atoms with Gasteiger partial charge in [0.2, 0.25) is 11.3 Å². The van der Waals surface area contributed by atoms with Gasteiger partial charge in [-0.2, -0.15) is 0 Å². The van der Waals surface area contributed by atoms with Crippen molar-refractivity contribution in [2.75, 3.05) is 18.1 Å². The average Bonchev–Trinajstić information content (AvgIpc) is 3.32. The highest BCUT2D eigenvalue weighted by Crippen LogP contribution is 2.32. The van der Waals surface area contributed by atoms with E-state index in [1.54, 1.807) is 28.8 Å². The molecule has 0 unspecified atom stereocenters. The van der Waals surface area contributed by atoms with Crippen LogP contribution in [-0.4, -0.2) is 39.8 Å². The van der Waals surface area contributed by atoms with Crippen LogP contribution in [0, 0.1) is 12.7 Å². The average molecular weight is 474 g/mol. The molecule has 4 aromatic rings. The van der Waals surface area contributed by atoms with Gasteiger partial charge in [-0.25, -0.2) is 14.2 Å². The number of halogens is 1. The molecule has 7 nitrogen and oxygen atoms in total. The van der Waals surface area contributed by atoms with Crippen molar-refractivity contribution in [2.45, 2.75) is 25.8 Å². The maximum absolute atomic E-state index is 15.4. The number of fused-ring (bicyclic) bond motifs is 1. The van der Waals surface area contributed by atoms with Crippen molar-refractivity contribution in [1.82, 2.24) is 9.55 Å². The predicted molar refractivity (Wildman–Crippen MR) is 131 cm³/mol. The lowest BCUT2D eigenvalue weighted by atomic mass is 10.1. The summed E-state index contributed by atoms with van der Waals surface area (Å²) < 4.78 is 23.0. The number of carbonyl (C=O) groups is 1. The molecule has 2 aromatic heterocycles. The van der Waals surface area contributed by atoms with Crippen LogP contribution in [0.2, 0.25) is 0 Å². The van der Waals surface area contributed by atoms with Crippen molar-refractivity contribution in [3.8, 4) is 11.6 Å². The summed E-state index contributed by atoms with van der Waals surface area (Å²) >= 11 is 0. The first-order chi connectivity index (χ1) is 16.9. The molecule has 0 aliphatic carbocycles. The Morgan fingerprint density at radius 3 is 2.71 bits per heavy atom. The minimum absolute atomic E-state index is 0.0194. The van der Waals surface area contributed by atoms with E-state index in [0.717, 1.165) is 24.6 Å². The molecule has 1 aliphatic heterocycles.